The highest BCUT2D eigenvalue weighted by atomic mass is 35.5. The molecule has 4 aromatic carbocycles. The van der Waals surface area contributed by atoms with E-state index in [4.69, 9.17) is 11.6 Å². The zero-order valence-corrected chi connectivity index (χ0v) is 41.9. The Morgan fingerprint density at radius 3 is 1.78 bits per heavy atom. The molecule has 1 saturated heterocycles. The number of halogens is 4. The fourth-order valence-electron chi connectivity index (χ4n) is 6.94. The molecule has 1 aliphatic carbocycles. The Hall–Kier alpha value is -5.63. The van der Waals surface area contributed by atoms with Gasteiger partial charge >= 0.3 is 12.1 Å². The highest BCUT2D eigenvalue weighted by molar-refractivity contribution is 7.90. The molecule has 1 heterocycles. The number of likely N-dealkylation sites (tertiary alicyclic amines) is 1. The average Bonchev–Trinajstić information content (AvgIpc) is 4.05. The molecule has 0 bridgehead atoms. The first-order valence-corrected chi connectivity index (χ1v) is 25.8. The molecule has 20 heteroatoms. The molecule has 1 aliphatic heterocycles. The number of alkyl halides is 3. The van der Waals surface area contributed by atoms with Crippen molar-refractivity contribution < 1.29 is 58.7 Å². The third-order valence-corrected chi connectivity index (χ3v) is 13.9. The molecule has 0 aromatic heterocycles. The predicted molar refractivity (Wildman–Crippen MR) is 256 cm³/mol. The number of carbonyl (C=O) groups excluding carboxylic acids is 5. The standard InChI is InChI=1S/C24H29N3O6S.C14H16F3NO.C8H7ClO3S.C3H8/c1-17-9-11-18(12-10-17)15-25-23(29)21-8-5-13-27(21)24(30)19-6-4-7-20(14-19)34(31,32)26(2)16-22(28)33-3;15-14(16,17)12-7-5-10(6-8-12)9-18-13(19)11-3-1-2-4-11;1-13(11,12)7-4-2-3-6(5-7)8(9)10;1-3-2/h4,6-7,9-12,14,21H,5,8,13,15-16H2,1-3H3,(H,25,29);5-8,11H,1-4,9H2,(H,18,19);2-5H,1H3;3H2,1-2H3/t21-;;;/m1.../s1. The number of benzene rings is 4. The maximum absolute atomic E-state index is 13.2. The maximum Gasteiger partial charge on any atom is 0.416 e. The van der Waals surface area contributed by atoms with Crippen LogP contribution in [0.3, 0.4) is 0 Å². The molecule has 1 atom stereocenters. The fraction of sp³-hybridized carbons (Fsp3) is 0.408. The van der Waals surface area contributed by atoms with Crippen LogP contribution in [-0.2, 0) is 58.2 Å². The zero-order valence-electron chi connectivity index (χ0n) is 39.5. The molecule has 0 spiro atoms. The third kappa shape index (κ3) is 18.3. The quantitative estimate of drug-likeness (QED) is 0.0977. The minimum atomic E-state index is -4.31. The lowest BCUT2D eigenvalue weighted by atomic mass is 10.1. The van der Waals surface area contributed by atoms with Crippen molar-refractivity contribution in [3.63, 3.8) is 0 Å². The number of likely N-dealkylation sites (N-methyl/N-ethyl adjacent to an activating group) is 1. The van der Waals surface area contributed by atoms with Crippen LogP contribution >= 0.6 is 11.6 Å². The fourth-order valence-corrected chi connectivity index (χ4v) is 8.89. The number of sulfonamides is 1. The van der Waals surface area contributed by atoms with Gasteiger partial charge in [0.05, 0.1) is 22.5 Å². The Morgan fingerprint density at radius 2 is 1.26 bits per heavy atom. The number of ether oxygens (including phenoxy) is 1. The van der Waals surface area contributed by atoms with E-state index in [1.807, 2.05) is 31.2 Å². The lowest BCUT2D eigenvalue weighted by molar-refractivity contribution is -0.140. The Labute approximate surface area is 407 Å². The van der Waals surface area contributed by atoms with Gasteiger partial charge in [-0.3, -0.25) is 24.0 Å². The summed E-state index contributed by atoms with van der Waals surface area (Å²) in [6, 6.07) is 23.3. The first kappa shape index (κ1) is 57.7. The van der Waals surface area contributed by atoms with Crippen molar-refractivity contribution in [3.05, 3.63) is 130 Å². The molecule has 0 unspecified atom stereocenters. The van der Waals surface area contributed by atoms with Crippen molar-refractivity contribution in [2.75, 3.05) is 33.5 Å². The minimum absolute atomic E-state index is 0.0115. The van der Waals surface area contributed by atoms with Crippen LogP contribution in [0.2, 0.25) is 0 Å². The molecule has 2 aliphatic rings. The van der Waals surface area contributed by atoms with Gasteiger partial charge in [0, 0.05) is 50.0 Å². The SMILES string of the molecule is CCC.COC(=O)CN(C)S(=O)(=O)c1cccc(C(=O)N2CCC[C@@H]2C(=O)NCc2ccc(C)cc2)c1.CS(=O)(=O)c1cccc(C(=O)Cl)c1.O=C(NCc1ccc(C(F)(F)F)cc1)C1CCCC1. The molecule has 0 radical (unpaired) electrons. The van der Waals surface area contributed by atoms with Crippen molar-refractivity contribution in [2.24, 2.45) is 5.92 Å². The number of aryl methyl sites for hydroxylation is 1. The molecule has 2 N–H and O–H groups in total. The maximum atomic E-state index is 13.2. The van der Waals surface area contributed by atoms with Crippen LogP contribution in [0.4, 0.5) is 13.2 Å². The van der Waals surface area contributed by atoms with E-state index in [9.17, 15) is 54.0 Å². The molecule has 376 valence electrons. The van der Waals surface area contributed by atoms with Gasteiger partial charge in [-0.25, -0.2) is 16.8 Å². The minimum Gasteiger partial charge on any atom is -0.468 e. The summed E-state index contributed by atoms with van der Waals surface area (Å²) in [5.74, 6) is -1.27. The second-order valence-electron chi connectivity index (χ2n) is 16.4. The lowest BCUT2D eigenvalue weighted by Crippen LogP contribution is -2.45. The number of nitrogens with zero attached hydrogens (tertiary/aromatic N) is 2. The van der Waals surface area contributed by atoms with E-state index in [1.165, 1.54) is 86.1 Å². The molecular weight excluding hydrogens is 961 g/mol. The van der Waals surface area contributed by atoms with Gasteiger partial charge < -0.3 is 20.3 Å². The van der Waals surface area contributed by atoms with Crippen molar-refractivity contribution in [2.45, 2.75) is 101 Å². The van der Waals surface area contributed by atoms with E-state index >= 15 is 0 Å². The predicted octanol–water partition coefficient (Wildman–Crippen LogP) is 8.11. The molecule has 69 heavy (non-hydrogen) atoms. The van der Waals surface area contributed by atoms with E-state index in [0.717, 1.165) is 59.5 Å². The number of esters is 1. The number of methoxy groups -OCH3 is 1. The summed E-state index contributed by atoms with van der Waals surface area (Å²) in [5, 5.41) is 5.01. The van der Waals surface area contributed by atoms with Crippen molar-refractivity contribution in [1.29, 1.82) is 0 Å². The van der Waals surface area contributed by atoms with Gasteiger partial charge in [-0.05, 0) is 97.8 Å². The number of nitrogens with one attached hydrogen (secondary N) is 2. The second-order valence-corrected chi connectivity index (χ2v) is 20.8. The van der Waals surface area contributed by atoms with E-state index in [2.05, 4.69) is 29.2 Å². The summed E-state index contributed by atoms with van der Waals surface area (Å²) in [4.78, 5) is 61.4. The number of sulfone groups is 1. The highest BCUT2D eigenvalue weighted by Gasteiger charge is 2.35. The third-order valence-electron chi connectivity index (χ3n) is 10.7. The van der Waals surface area contributed by atoms with E-state index in [1.54, 1.807) is 0 Å². The van der Waals surface area contributed by atoms with Crippen LogP contribution < -0.4 is 10.6 Å². The molecule has 1 saturated carbocycles. The van der Waals surface area contributed by atoms with E-state index in [-0.39, 0.29) is 45.2 Å². The van der Waals surface area contributed by atoms with Gasteiger partial charge in [0.1, 0.15) is 12.6 Å². The summed E-state index contributed by atoms with van der Waals surface area (Å²) in [6.07, 6.45) is 3.21. The smallest absolute Gasteiger partial charge is 0.416 e. The van der Waals surface area contributed by atoms with Gasteiger partial charge in [0.25, 0.3) is 11.1 Å². The molecular formula is C49H60ClF3N4O10S2. The molecule has 4 aromatic rings. The lowest BCUT2D eigenvalue weighted by Gasteiger charge is -2.24. The first-order valence-electron chi connectivity index (χ1n) is 22.1. The summed E-state index contributed by atoms with van der Waals surface area (Å²) in [5.41, 5.74) is 2.44. The number of hydrogen-bond acceptors (Lipinski definition) is 10. The summed E-state index contributed by atoms with van der Waals surface area (Å²) < 4.78 is 90.2. The van der Waals surface area contributed by atoms with Crippen molar-refractivity contribution >= 4 is 60.4 Å². The van der Waals surface area contributed by atoms with Gasteiger partial charge in [0.15, 0.2) is 9.84 Å². The second kappa shape index (κ2) is 26.9. The molecule has 14 nitrogen and oxygen atoms in total. The van der Waals surface area contributed by atoms with Crippen molar-refractivity contribution in [3.8, 4) is 0 Å². The summed E-state index contributed by atoms with van der Waals surface area (Å²) in [7, 11) is -4.85. The Bertz CT molecular complexity index is 2590. The summed E-state index contributed by atoms with van der Waals surface area (Å²) >= 11 is 5.19. The highest BCUT2D eigenvalue weighted by Crippen LogP contribution is 2.29. The number of rotatable bonds is 13. The number of amides is 3. The average molecular weight is 1020 g/mol. The monoisotopic (exact) mass is 1020 g/mol. The van der Waals surface area contributed by atoms with Crippen molar-refractivity contribution in [1.82, 2.24) is 19.8 Å². The largest absolute Gasteiger partial charge is 0.468 e. The van der Waals surface area contributed by atoms with Crippen LogP contribution in [0.25, 0.3) is 0 Å². The van der Waals surface area contributed by atoms with Gasteiger partial charge in [-0.15, -0.1) is 0 Å². The van der Waals surface area contributed by atoms with E-state index in [0.29, 0.717) is 31.5 Å². The van der Waals surface area contributed by atoms with Gasteiger partial charge in [-0.1, -0.05) is 93.3 Å². The van der Waals surface area contributed by atoms with Crippen LogP contribution in [0, 0.1) is 12.8 Å². The number of carbonyl (C=O) groups is 5. The number of hydrogen-bond donors (Lipinski definition) is 2. The van der Waals surface area contributed by atoms with Crippen LogP contribution in [0.1, 0.15) is 102 Å². The first-order chi connectivity index (χ1) is 32.4. The van der Waals surface area contributed by atoms with Crippen LogP contribution in [0.15, 0.2) is 107 Å². The Kier molecular flexibility index (Phi) is 22.5. The van der Waals surface area contributed by atoms with Gasteiger partial charge in [-0.2, -0.15) is 17.5 Å². The normalized spacial score (nSPS) is 14.8. The van der Waals surface area contributed by atoms with Gasteiger partial charge in [0.2, 0.25) is 21.8 Å². The zero-order chi connectivity index (χ0) is 51.5. The molecule has 2 fully saturated rings. The molecule has 3 amide bonds. The Balaban J connectivity index is 0.000000300. The summed E-state index contributed by atoms with van der Waals surface area (Å²) in [6.45, 7) is 6.83. The van der Waals surface area contributed by atoms with Crippen LogP contribution in [-0.4, -0.2) is 94.5 Å². The van der Waals surface area contributed by atoms with Crippen LogP contribution in [0.5, 0.6) is 0 Å². The topological polar surface area (TPSA) is 193 Å². The molecule has 6 rings (SSSR count). The Morgan fingerprint density at radius 1 is 0.754 bits per heavy atom. The van der Waals surface area contributed by atoms with E-state index < -0.39 is 61.3 Å².